The van der Waals surface area contributed by atoms with E-state index in [1.165, 1.54) is 11.1 Å². The second-order valence-corrected chi connectivity index (χ2v) is 9.45. The maximum atomic E-state index is 12.9. The van der Waals surface area contributed by atoms with Gasteiger partial charge in [-0.05, 0) is 70.1 Å². The van der Waals surface area contributed by atoms with E-state index in [1.807, 2.05) is 31.7 Å². The molecule has 1 aromatic carbocycles. The highest BCUT2D eigenvalue weighted by Crippen LogP contribution is 2.40. The Labute approximate surface area is 167 Å². The molecule has 1 amide bonds. The number of hydrogen-bond acceptors (Lipinski definition) is 4. The van der Waals surface area contributed by atoms with Crippen LogP contribution in [0.15, 0.2) is 18.2 Å². The Morgan fingerprint density at radius 2 is 1.89 bits per heavy atom. The van der Waals surface area contributed by atoms with Crippen molar-refractivity contribution in [1.29, 1.82) is 0 Å². The Morgan fingerprint density at radius 1 is 1.18 bits per heavy atom. The Balaban J connectivity index is 1.33. The summed E-state index contributed by atoms with van der Waals surface area (Å²) in [4.78, 5) is 27.3. The van der Waals surface area contributed by atoms with Crippen LogP contribution in [-0.4, -0.2) is 41.1 Å². The number of aryl methyl sites for hydroxylation is 1. The number of ketones is 1. The molecule has 1 aromatic rings. The smallest absolute Gasteiger partial charge is 0.410 e. The minimum atomic E-state index is -0.482. The zero-order valence-electron chi connectivity index (χ0n) is 17.2. The largest absolute Gasteiger partial charge is 0.493 e. The van der Waals surface area contributed by atoms with Gasteiger partial charge in [0, 0.05) is 30.8 Å². The number of hydrogen-bond donors (Lipinski definition) is 0. The van der Waals surface area contributed by atoms with E-state index < -0.39 is 5.60 Å². The van der Waals surface area contributed by atoms with Gasteiger partial charge in [0.25, 0.3) is 0 Å². The van der Waals surface area contributed by atoms with Crippen LogP contribution >= 0.6 is 0 Å². The number of ether oxygens (including phenoxy) is 2. The summed E-state index contributed by atoms with van der Waals surface area (Å²) in [6.07, 6.45) is 5.65. The first-order valence-electron chi connectivity index (χ1n) is 10.6. The van der Waals surface area contributed by atoms with E-state index in [0.29, 0.717) is 12.2 Å². The molecule has 3 aliphatic rings. The highest BCUT2D eigenvalue weighted by molar-refractivity contribution is 5.82. The maximum Gasteiger partial charge on any atom is 0.410 e. The highest BCUT2D eigenvalue weighted by Gasteiger charge is 2.46. The summed E-state index contributed by atoms with van der Waals surface area (Å²) in [5.74, 6) is 1.41. The molecule has 0 spiro atoms. The molecule has 3 aliphatic heterocycles. The molecular weight excluding hydrogens is 354 g/mol. The molecule has 3 heterocycles. The number of piperidine rings is 1. The van der Waals surface area contributed by atoms with Crippen LogP contribution in [0.3, 0.4) is 0 Å². The van der Waals surface area contributed by atoms with E-state index in [9.17, 15) is 9.59 Å². The first-order chi connectivity index (χ1) is 13.3. The van der Waals surface area contributed by atoms with Crippen molar-refractivity contribution in [3.8, 4) is 5.75 Å². The van der Waals surface area contributed by atoms with E-state index in [-0.39, 0.29) is 24.1 Å². The number of nitrogens with zero attached hydrogens (tertiary/aromatic N) is 1. The van der Waals surface area contributed by atoms with Crippen molar-refractivity contribution in [2.75, 3.05) is 6.61 Å². The van der Waals surface area contributed by atoms with Gasteiger partial charge in [-0.2, -0.15) is 0 Å². The van der Waals surface area contributed by atoms with Crippen molar-refractivity contribution in [3.63, 3.8) is 0 Å². The molecule has 0 aromatic heterocycles. The van der Waals surface area contributed by atoms with Crippen LogP contribution in [0.2, 0.25) is 0 Å². The summed E-state index contributed by atoms with van der Waals surface area (Å²) in [7, 11) is 0. The summed E-state index contributed by atoms with van der Waals surface area (Å²) in [5.41, 5.74) is 1.99. The lowest BCUT2D eigenvalue weighted by atomic mass is 9.85. The van der Waals surface area contributed by atoms with Gasteiger partial charge in [-0.3, -0.25) is 4.79 Å². The average molecular weight is 386 g/mol. The second kappa shape index (κ2) is 7.41. The van der Waals surface area contributed by atoms with Gasteiger partial charge in [-0.1, -0.05) is 12.1 Å². The van der Waals surface area contributed by atoms with Crippen LogP contribution in [-0.2, 0) is 22.4 Å². The van der Waals surface area contributed by atoms with Crippen molar-refractivity contribution < 1.29 is 19.1 Å². The molecule has 2 atom stereocenters. The van der Waals surface area contributed by atoms with Crippen LogP contribution in [0.25, 0.3) is 0 Å². The molecule has 5 heteroatoms. The number of Topliss-reactive ketones (excluding diaryl/α,β-unsaturated/α-hetero) is 1. The van der Waals surface area contributed by atoms with Crippen molar-refractivity contribution in [2.45, 2.75) is 83.4 Å². The first kappa shape index (κ1) is 19.3. The number of amides is 1. The first-order valence-corrected chi connectivity index (χ1v) is 10.6. The van der Waals surface area contributed by atoms with Crippen LogP contribution in [0.5, 0.6) is 5.75 Å². The van der Waals surface area contributed by atoms with E-state index in [4.69, 9.17) is 9.47 Å². The summed E-state index contributed by atoms with van der Waals surface area (Å²) in [6, 6.07) is 6.60. The zero-order valence-corrected chi connectivity index (χ0v) is 17.2. The van der Waals surface area contributed by atoms with E-state index in [2.05, 4.69) is 12.1 Å². The van der Waals surface area contributed by atoms with Gasteiger partial charge in [0.1, 0.15) is 17.1 Å². The lowest BCUT2D eigenvalue weighted by molar-refractivity contribution is -0.125. The molecule has 2 bridgehead atoms. The summed E-state index contributed by atoms with van der Waals surface area (Å²) < 4.78 is 11.1. The van der Waals surface area contributed by atoms with E-state index in [1.54, 1.807) is 0 Å². The summed E-state index contributed by atoms with van der Waals surface area (Å²) in [5, 5.41) is 0. The fourth-order valence-electron chi connectivity index (χ4n) is 4.92. The molecule has 2 saturated heterocycles. The number of carbonyl (C=O) groups is 2. The Kier molecular flexibility index (Phi) is 5.11. The molecule has 0 saturated carbocycles. The molecule has 0 radical (unpaired) electrons. The molecule has 4 rings (SSSR count). The Hall–Kier alpha value is -2.04. The molecule has 2 fully saturated rings. The van der Waals surface area contributed by atoms with Gasteiger partial charge in [-0.25, -0.2) is 4.79 Å². The number of rotatable bonds is 4. The fraction of sp³-hybridized carbons (Fsp3) is 0.652. The third kappa shape index (κ3) is 4.03. The van der Waals surface area contributed by atoms with E-state index >= 15 is 0 Å². The van der Waals surface area contributed by atoms with Crippen LogP contribution in [0.4, 0.5) is 4.79 Å². The Bertz CT molecular complexity index is 752. The fourth-order valence-corrected chi connectivity index (χ4v) is 4.92. The molecule has 5 nitrogen and oxygen atoms in total. The third-order valence-corrected chi connectivity index (χ3v) is 6.21. The van der Waals surface area contributed by atoms with Gasteiger partial charge in [0.05, 0.1) is 6.61 Å². The monoisotopic (exact) mass is 385 g/mol. The predicted molar refractivity (Wildman–Crippen MR) is 107 cm³/mol. The molecule has 0 N–H and O–H groups in total. The molecule has 2 unspecified atom stereocenters. The normalized spacial score (nSPS) is 26.0. The van der Waals surface area contributed by atoms with Crippen molar-refractivity contribution in [2.24, 2.45) is 5.92 Å². The second-order valence-electron chi connectivity index (χ2n) is 9.45. The van der Waals surface area contributed by atoms with Crippen LogP contribution in [0, 0.1) is 5.92 Å². The van der Waals surface area contributed by atoms with Crippen LogP contribution in [0.1, 0.15) is 64.0 Å². The minimum Gasteiger partial charge on any atom is -0.493 e. The zero-order chi connectivity index (χ0) is 19.9. The van der Waals surface area contributed by atoms with Gasteiger partial charge < -0.3 is 14.4 Å². The lowest BCUT2D eigenvalue weighted by Crippen LogP contribution is -2.49. The molecular formula is C23H31NO4. The number of carbonyl (C=O) groups excluding carboxylic acids is 2. The summed E-state index contributed by atoms with van der Waals surface area (Å²) in [6.45, 7) is 6.45. The van der Waals surface area contributed by atoms with Crippen LogP contribution < -0.4 is 4.74 Å². The summed E-state index contributed by atoms with van der Waals surface area (Å²) >= 11 is 0. The predicted octanol–water partition coefficient (Wildman–Crippen LogP) is 4.30. The molecule has 28 heavy (non-hydrogen) atoms. The SMILES string of the molecule is CC(C)(C)OC(=O)N1C2CCC1CC(C(=O)CCc1ccc3c(c1)CCO3)C2. The van der Waals surface area contributed by atoms with Gasteiger partial charge in [0.15, 0.2) is 0 Å². The standard InChI is InChI=1S/C23H31NO4/c1-23(2,3)28-22(26)24-18-6-7-19(24)14-17(13-18)20(25)8-4-15-5-9-21-16(12-15)10-11-27-21/h5,9,12,17-19H,4,6-8,10-11,13-14H2,1-3H3. The number of benzene rings is 1. The van der Waals surface area contributed by atoms with Crippen molar-refractivity contribution >= 4 is 11.9 Å². The Morgan fingerprint density at radius 3 is 2.57 bits per heavy atom. The van der Waals surface area contributed by atoms with Gasteiger partial charge >= 0.3 is 6.09 Å². The lowest BCUT2D eigenvalue weighted by Gasteiger charge is -2.39. The maximum absolute atomic E-state index is 12.9. The van der Waals surface area contributed by atoms with Gasteiger partial charge in [0.2, 0.25) is 0 Å². The van der Waals surface area contributed by atoms with Crippen molar-refractivity contribution in [3.05, 3.63) is 29.3 Å². The average Bonchev–Trinajstić information content (AvgIpc) is 3.19. The van der Waals surface area contributed by atoms with Crippen molar-refractivity contribution in [1.82, 2.24) is 4.90 Å². The number of fused-ring (bicyclic) bond motifs is 3. The van der Waals surface area contributed by atoms with E-state index in [0.717, 1.165) is 50.9 Å². The highest BCUT2D eigenvalue weighted by atomic mass is 16.6. The molecule has 152 valence electrons. The quantitative estimate of drug-likeness (QED) is 0.775. The molecule has 0 aliphatic carbocycles. The minimum absolute atomic E-state index is 0.0777. The third-order valence-electron chi connectivity index (χ3n) is 6.21. The topological polar surface area (TPSA) is 55.8 Å². The van der Waals surface area contributed by atoms with Gasteiger partial charge in [-0.15, -0.1) is 0 Å².